The van der Waals surface area contributed by atoms with Crippen LogP contribution in [0.5, 0.6) is 5.75 Å². The molecule has 0 radical (unpaired) electrons. The molecule has 4 nitrogen and oxygen atoms in total. The Bertz CT molecular complexity index is 354. The minimum absolute atomic E-state index is 0. The van der Waals surface area contributed by atoms with Gasteiger partial charge in [-0.1, -0.05) is 12.1 Å². The Morgan fingerprint density at radius 1 is 1.36 bits per heavy atom. The van der Waals surface area contributed by atoms with Crippen molar-refractivity contribution in [3.8, 4) is 5.75 Å². The number of para-hydroxylation sites is 1. The number of carboxylic acids is 1. The van der Waals surface area contributed by atoms with Gasteiger partial charge in [-0.15, -0.1) is 0 Å². The summed E-state index contributed by atoms with van der Waals surface area (Å²) in [5.41, 5.74) is -0.0160. The van der Waals surface area contributed by atoms with Crippen molar-refractivity contribution >= 4 is 11.9 Å². The summed E-state index contributed by atoms with van der Waals surface area (Å²) < 4.78 is 4.69. The zero-order chi connectivity index (χ0) is 9.84. The summed E-state index contributed by atoms with van der Waals surface area (Å²) in [5, 5.41) is 8.69. The number of hydrogen-bond donors (Lipinski definition) is 1. The van der Waals surface area contributed by atoms with Gasteiger partial charge in [0.05, 0.1) is 0 Å². The van der Waals surface area contributed by atoms with Gasteiger partial charge in [0.25, 0.3) is 0 Å². The van der Waals surface area contributed by atoms with Gasteiger partial charge in [-0.05, 0) is 12.1 Å². The monoisotopic (exact) mass is 188 g/mol. The van der Waals surface area contributed by atoms with Crippen molar-refractivity contribution in [2.45, 2.75) is 6.92 Å². The van der Waals surface area contributed by atoms with E-state index in [4.69, 9.17) is 5.11 Å². The van der Waals surface area contributed by atoms with Crippen molar-refractivity contribution in [3.05, 3.63) is 29.8 Å². The molecule has 0 amide bonds. The van der Waals surface area contributed by atoms with Crippen molar-refractivity contribution in [2.75, 3.05) is 0 Å². The molecular formula is C9H9LiO4. The Morgan fingerprint density at radius 3 is 2.43 bits per heavy atom. The molecule has 0 fully saturated rings. The fourth-order valence-electron chi connectivity index (χ4n) is 0.887. The quantitative estimate of drug-likeness (QED) is 0.346. The van der Waals surface area contributed by atoms with Crippen LogP contribution in [0.25, 0.3) is 0 Å². The molecule has 0 aliphatic heterocycles. The van der Waals surface area contributed by atoms with Crippen LogP contribution in [0.2, 0.25) is 0 Å². The van der Waals surface area contributed by atoms with Crippen LogP contribution in [0.1, 0.15) is 18.7 Å². The summed E-state index contributed by atoms with van der Waals surface area (Å²) >= 11 is 0. The van der Waals surface area contributed by atoms with Crippen molar-refractivity contribution in [2.24, 2.45) is 0 Å². The maximum atomic E-state index is 10.6. The van der Waals surface area contributed by atoms with Gasteiger partial charge in [-0.25, -0.2) is 4.79 Å². The Balaban J connectivity index is 0. The average Bonchev–Trinajstić information content (AvgIpc) is 2.03. The third-order valence-corrected chi connectivity index (χ3v) is 1.37. The first-order chi connectivity index (χ1) is 6.11. The van der Waals surface area contributed by atoms with Gasteiger partial charge < -0.3 is 11.3 Å². The number of rotatable bonds is 2. The predicted octanol–water partition coefficient (Wildman–Crippen LogP) is -1.57. The molecule has 1 N–H and O–H groups in total. The molecule has 0 saturated heterocycles. The van der Waals surface area contributed by atoms with Crippen LogP contribution < -0.4 is 23.6 Å². The molecule has 0 atom stereocenters. The zero-order valence-electron chi connectivity index (χ0n) is 8.98. The van der Waals surface area contributed by atoms with E-state index in [0.717, 1.165) is 0 Å². The number of hydrogen-bond acceptors (Lipinski definition) is 3. The van der Waals surface area contributed by atoms with Crippen molar-refractivity contribution in [1.82, 2.24) is 0 Å². The van der Waals surface area contributed by atoms with E-state index in [-0.39, 0.29) is 31.6 Å². The maximum absolute atomic E-state index is 10.6. The van der Waals surface area contributed by atoms with E-state index in [0.29, 0.717) is 0 Å². The molecule has 1 aromatic rings. The molecule has 0 unspecified atom stereocenters. The van der Waals surface area contributed by atoms with Crippen LogP contribution in [-0.4, -0.2) is 17.0 Å². The molecule has 0 aliphatic rings. The van der Waals surface area contributed by atoms with Gasteiger partial charge in [0.2, 0.25) is 0 Å². The second kappa shape index (κ2) is 5.48. The molecular weight excluding hydrogens is 179 g/mol. The van der Waals surface area contributed by atoms with Crippen LogP contribution >= 0.6 is 0 Å². The average molecular weight is 188 g/mol. The minimum Gasteiger partial charge on any atom is -1.00 e. The number of benzene rings is 1. The standard InChI is InChI=1S/C9H8O4.Li.H/c1-6(10)13-8-5-3-2-4-7(8)9(11)12;;/h2-5H,1H3,(H,11,12);;/q;+1;-1. The first kappa shape index (κ1) is 12.8. The van der Waals surface area contributed by atoms with E-state index in [1.54, 1.807) is 12.1 Å². The predicted molar refractivity (Wildman–Crippen MR) is 45.8 cm³/mol. The smallest absolute Gasteiger partial charge is 1.00 e. The van der Waals surface area contributed by atoms with E-state index in [2.05, 4.69) is 4.74 Å². The fourth-order valence-corrected chi connectivity index (χ4v) is 0.887. The summed E-state index contributed by atoms with van der Waals surface area (Å²) in [6.45, 7) is 1.22. The van der Waals surface area contributed by atoms with Gasteiger partial charge in [0.15, 0.2) is 0 Å². The molecule has 1 aromatic carbocycles. The first-order valence-electron chi connectivity index (χ1n) is 3.62. The van der Waals surface area contributed by atoms with Crippen LogP contribution in [0.15, 0.2) is 24.3 Å². The Kier molecular flexibility index (Phi) is 4.99. The van der Waals surface area contributed by atoms with E-state index in [1.807, 2.05) is 0 Å². The molecule has 14 heavy (non-hydrogen) atoms. The Morgan fingerprint density at radius 2 is 1.93 bits per heavy atom. The van der Waals surface area contributed by atoms with Crippen LogP contribution in [-0.2, 0) is 4.79 Å². The van der Waals surface area contributed by atoms with Gasteiger partial charge >= 0.3 is 30.8 Å². The van der Waals surface area contributed by atoms with Crippen LogP contribution in [0.4, 0.5) is 0 Å². The topological polar surface area (TPSA) is 63.6 Å². The first-order valence-corrected chi connectivity index (χ1v) is 3.62. The van der Waals surface area contributed by atoms with Gasteiger partial charge in [0.1, 0.15) is 11.3 Å². The minimum atomic E-state index is -1.11. The normalized spacial score (nSPS) is 8.64. The maximum Gasteiger partial charge on any atom is 1.00 e. The van der Waals surface area contributed by atoms with E-state index in [1.165, 1.54) is 19.1 Å². The summed E-state index contributed by atoms with van der Waals surface area (Å²) in [4.78, 5) is 21.2. The zero-order valence-corrected chi connectivity index (χ0v) is 7.98. The van der Waals surface area contributed by atoms with Crippen LogP contribution in [0.3, 0.4) is 0 Å². The number of esters is 1. The number of aromatic carboxylic acids is 1. The van der Waals surface area contributed by atoms with Gasteiger partial charge in [0, 0.05) is 6.92 Å². The fraction of sp³-hybridized carbons (Fsp3) is 0.111. The second-order valence-corrected chi connectivity index (χ2v) is 2.39. The molecule has 0 aliphatic carbocycles. The molecule has 0 spiro atoms. The number of carbonyl (C=O) groups is 2. The molecule has 0 aromatic heterocycles. The summed E-state index contributed by atoms with van der Waals surface area (Å²) in [6, 6.07) is 5.98. The number of carboxylic acid groups (broad SMARTS) is 1. The molecule has 0 bridgehead atoms. The molecule has 70 valence electrons. The van der Waals surface area contributed by atoms with Gasteiger partial charge in [-0.3, -0.25) is 4.79 Å². The van der Waals surface area contributed by atoms with Crippen molar-refractivity contribution in [1.29, 1.82) is 0 Å². The van der Waals surface area contributed by atoms with E-state index < -0.39 is 11.9 Å². The molecule has 5 heteroatoms. The third kappa shape index (κ3) is 3.25. The van der Waals surface area contributed by atoms with Crippen molar-refractivity contribution in [3.63, 3.8) is 0 Å². The van der Waals surface area contributed by atoms with Gasteiger partial charge in [-0.2, -0.15) is 0 Å². The summed E-state index contributed by atoms with van der Waals surface area (Å²) in [6.07, 6.45) is 0. The van der Waals surface area contributed by atoms with Crippen molar-refractivity contribution < 1.29 is 39.7 Å². The largest absolute Gasteiger partial charge is 1.00 e. The summed E-state index contributed by atoms with van der Waals surface area (Å²) in [7, 11) is 0. The third-order valence-electron chi connectivity index (χ3n) is 1.37. The number of ether oxygens (including phenoxy) is 1. The Hall–Kier alpha value is -1.24. The second-order valence-electron chi connectivity index (χ2n) is 2.39. The van der Waals surface area contributed by atoms with E-state index >= 15 is 0 Å². The molecule has 0 heterocycles. The molecule has 0 saturated carbocycles. The number of carbonyl (C=O) groups excluding carboxylic acids is 1. The SMILES string of the molecule is CC(=O)Oc1ccccc1C(=O)O.[H-].[Li+]. The van der Waals surface area contributed by atoms with E-state index in [9.17, 15) is 9.59 Å². The summed E-state index contributed by atoms with van der Waals surface area (Å²) in [5.74, 6) is -1.58. The van der Waals surface area contributed by atoms with Crippen LogP contribution in [0, 0.1) is 0 Å². The Labute approximate surface area is 94.5 Å². The molecule has 1 rings (SSSR count).